The minimum atomic E-state index is -4.71. The maximum atomic E-state index is 14.5. The lowest BCUT2D eigenvalue weighted by Crippen LogP contribution is -2.54. The summed E-state index contributed by atoms with van der Waals surface area (Å²) < 4.78 is 49.9. The van der Waals surface area contributed by atoms with Crippen LogP contribution in [0.5, 0.6) is 23.1 Å². The van der Waals surface area contributed by atoms with Crippen LogP contribution >= 0.6 is 0 Å². The predicted molar refractivity (Wildman–Crippen MR) is 278 cm³/mol. The number of sulfonamides is 1. The van der Waals surface area contributed by atoms with E-state index in [1.807, 2.05) is 19.1 Å². The number of anilines is 2. The number of nitro benzene ring substituents is 1. The predicted octanol–water partition coefficient (Wildman–Crippen LogP) is 9.34. The van der Waals surface area contributed by atoms with E-state index in [2.05, 4.69) is 68.3 Å². The Hall–Kier alpha value is -5.95. The third-order valence-electron chi connectivity index (χ3n) is 16.9. The fourth-order valence-corrected chi connectivity index (χ4v) is 13.7. The highest BCUT2D eigenvalue weighted by molar-refractivity contribution is 7.90. The fourth-order valence-electron chi connectivity index (χ4n) is 12.7. The molecule has 0 radical (unpaired) electrons. The first-order valence-electron chi connectivity index (χ1n) is 26.4. The van der Waals surface area contributed by atoms with Crippen LogP contribution in [-0.4, -0.2) is 102 Å². The lowest BCUT2D eigenvalue weighted by Gasteiger charge is -2.56. The zero-order chi connectivity index (χ0) is 50.6. The Balaban J connectivity index is 0.845. The molecule has 5 fully saturated rings. The average Bonchev–Trinajstić information content (AvgIpc) is 4.05. The lowest BCUT2D eigenvalue weighted by atomic mass is 9.59. The second kappa shape index (κ2) is 19.7. The van der Waals surface area contributed by atoms with Gasteiger partial charge in [-0.15, -0.1) is 0 Å². The minimum absolute atomic E-state index is 0.00299. The van der Waals surface area contributed by atoms with E-state index in [1.165, 1.54) is 42.9 Å². The maximum absolute atomic E-state index is 14.5. The van der Waals surface area contributed by atoms with E-state index in [0.29, 0.717) is 49.3 Å². The van der Waals surface area contributed by atoms with Gasteiger partial charge in [0.15, 0.2) is 17.2 Å². The van der Waals surface area contributed by atoms with Crippen molar-refractivity contribution in [3.8, 4) is 23.1 Å². The van der Waals surface area contributed by atoms with Crippen LogP contribution in [0.15, 0.2) is 77.8 Å². The van der Waals surface area contributed by atoms with Gasteiger partial charge in [-0.3, -0.25) is 19.8 Å². The summed E-state index contributed by atoms with van der Waals surface area (Å²) in [6, 6.07) is 20.7. The molecule has 1 spiro atoms. The molecule has 3 aromatic carbocycles. The van der Waals surface area contributed by atoms with Crippen LogP contribution in [0.4, 0.5) is 17.1 Å². The Bertz CT molecular complexity index is 2980. The number of aromatic nitrogens is 2. The number of carbonyl (C=O) groups is 1. The molecule has 73 heavy (non-hydrogen) atoms. The van der Waals surface area contributed by atoms with Crippen molar-refractivity contribution in [2.45, 2.75) is 138 Å². The Morgan fingerprint density at radius 2 is 1.73 bits per heavy atom. The molecule has 5 N–H and O–H groups in total. The number of likely N-dealkylation sites (tertiary alicyclic amines) is 1. The van der Waals surface area contributed by atoms with Gasteiger partial charge in [0.05, 0.1) is 27.0 Å². The van der Waals surface area contributed by atoms with Gasteiger partial charge in [0.1, 0.15) is 24.1 Å². The molecule has 5 aromatic rings. The van der Waals surface area contributed by atoms with E-state index in [9.17, 15) is 28.4 Å². The smallest absolute Gasteiger partial charge is 0.297 e. The number of carbonyl (C=O) groups excluding carboxylic acids is 1. The van der Waals surface area contributed by atoms with Gasteiger partial charge >= 0.3 is 0 Å². The minimum Gasteiger partial charge on any atom is -0.489 e. The summed E-state index contributed by atoms with van der Waals surface area (Å²) in [5, 5.41) is 30.4. The molecule has 2 aliphatic carbocycles. The van der Waals surface area contributed by atoms with Crippen molar-refractivity contribution in [1.29, 1.82) is 0 Å². The second-order valence-electron chi connectivity index (χ2n) is 22.2. The van der Waals surface area contributed by atoms with Gasteiger partial charge in [0.2, 0.25) is 0 Å². The number of nitro groups is 1. The number of ether oxygens (including phenoxy) is 3. The standard InChI is InChI=1S/C55H68N8O9S/c1-34(2)41-7-4-5-8-42(41)45-9-6-24-62(45)38-31-55(32-38)19-25-61(26-20-55)37-10-11-43(47(28-37)72-49-27-36-14-23-57-51(36)59-53(49)71-39-15-21-56-22-16-39)52(64)60-73(68,69)40-29-46(63(66)67)50-48(30-40)70-33-44(58-50)35-12-17-54(3,65)18-13-35/h4-5,7-8,10-11,14,23,27-30,34-35,38-39,44-45,56,58,65H,6,9,12-13,15-22,24-26,31-33H2,1-3H3,(H,57,59)(H,60,64)/t35?,44-,45-,54?/m1/s1. The summed E-state index contributed by atoms with van der Waals surface area (Å²) in [7, 11) is -4.71. The first kappa shape index (κ1) is 49.3. The van der Waals surface area contributed by atoms with Gasteiger partial charge < -0.3 is 39.8 Å². The van der Waals surface area contributed by atoms with Crippen molar-refractivity contribution in [2.24, 2.45) is 11.3 Å². The number of amides is 1. The molecule has 11 rings (SSSR count). The van der Waals surface area contributed by atoms with Crippen LogP contribution in [-0.2, 0) is 10.0 Å². The largest absolute Gasteiger partial charge is 0.489 e. The van der Waals surface area contributed by atoms with Crippen molar-refractivity contribution in [3.05, 3.63) is 99.7 Å². The topological polar surface area (TPSA) is 214 Å². The van der Waals surface area contributed by atoms with Crippen LogP contribution < -0.4 is 34.5 Å². The molecule has 2 atom stereocenters. The number of fused-ring (bicyclic) bond motifs is 2. The fraction of sp³-hybridized carbons (Fsp3) is 0.527. The van der Waals surface area contributed by atoms with E-state index in [4.69, 9.17) is 19.2 Å². The van der Waals surface area contributed by atoms with Crippen molar-refractivity contribution in [3.63, 3.8) is 0 Å². The Morgan fingerprint density at radius 3 is 2.48 bits per heavy atom. The van der Waals surface area contributed by atoms with Gasteiger partial charge in [-0.1, -0.05) is 38.1 Å². The molecule has 18 heteroatoms. The third-order valence-corrected chi connectivity index (χ3v) is 18.3. The molecule has 0 unspecified atom stereocenters. The molecule has 3 saturated heterocycles. The molecule has 0 bridgehead atoms. The van der Waals surface area contributed by atoms with Crippen molar-refractivity contribution in [2.75, 3.05) is 49.5 Å². The number of rotatable bonds is 13. The number of aliphatic hydroxyl groups is 1. The van der Waals surface area contributed by atoms with Crippen molar-refractivity contribution >= 4 is 44.0 Å². The number of pyridine rings is 1. The maximum Gasteiger partial charge on any atom is 0.297 e. The Kier molecular flexibility index (Phi) is 13.3. The number of benzene rings is 3. The van der Waals surface area contributed by atoms with Crippen LogP contribution in [0.2, 0.25) is 0 Å². The molecule has 2 aromatic heterocycles. The molecule has 2 saturated carbocycles. The molecule has 388 valence electrons. The number of nitrogens with one attached hydrogen (secondary N) is 4. The number of hydrogen-bond acceptors (Lipinski definition) is 14. The van der Waals surface area contributed by atoms with Crippen LogP contribution in [0.1, 0.15) is 131 Å². The highest BCUT2D eigenvalue weighted by Gasteiger charge is 2.50. The molecule has 6 heterocycles. The highest BCUT2D eigenvalue weighted by Crippen LogP contribution is 2.55. The summed E-state index contributed by atoms with van der Waals surface area (Å²) in [6.45, 7) is 10.9. The van der Waals surface area contributed by atoms with Crippen LogP contribution in [0.3, 0.4) is 0 Å². The van der Waals surface area contributed by atoms with Crippen LogP contribution in [0.25, 0.3) is 11.0 Å². The first-order valence-corrected chi connectivity index (χ1v) is 27.9. The quantitative estimate of drug-likeness (QED) is 0.0549. The van der Waals surface area contributed by atoms with Gasteiger partial charge in [-0.2, -0.15) is 4.98 Å². The zero-order valence-electron chi connectivity index (χ0n) is 42.0. The van der Waals surface area contributed by atoms with E-state index >= 15 is 0 Å². The molecular weight excluding hydrogens is 949 g/mol. The van der Waals surface area contributed by atoms with Gasteiger partial charge in [0.25, 0.3) is 27.5 Å². The normalized spacial score (nSPS) is 24.7. The van der Waals surface area contributed by atoms with Gasteiger partial charge in [0, 0.05) is 60.6 Å². The molecule has 6 aliphatic rings. The number of piperidine rings is 2. The summed E-state index contributed by atoms with van der Waals surface area (Å²) in [6.07, 6.45) is 12.6. The summed E-state index contributed by atoms with van der Waals surface area (Å²) in [5.74, 6) is 0.195. The number of nitrogens with zero attached hydrogens (tertiary/aromatic N) is 4. The van der Waals surface area contributed by atoms with E-state index in [1.54, 1.807) is 24.4 Å². The monoisotopic (exact) mass is 1020 g/mol. The number of hydrogen-bond donors (Lipinski definition) is 5. The molecule has 1 amide bonds. The van der Waals surface area contributed by atoms with E-state index in [-0.39, 0.29) is 64.5 Å². The zero-order valence-corrected chi connectivity index (χ0v) is 42.8. The van der Waals surface area contributed by atoms with Gasteiger partial charge in [-0.05, 0) is 156 Å². The van der Waals surface area contributed by atoms with E-state index in [0.717, 1.165) is 75.5 Å². The van der Waals surface area contributed by atoms with Crippen molar-refractivity contribution < 1.29 is 37.5 Å². The summed E-state index contributed by atoms with van der Waals surface area (Å²) in [5.41, 5.74) is 3.41. The Morgan fingerprint density at radius 1 is 0.959 bits per heavy atom. The third kappa shape index (κ3) is 10.1. The molecule has 4 aliphatic heterocycles. The van der Waals surface area contributed by atoms with Crippen LogP contribution in [0, 0.1) is 21.4 Å². The second-order valence-corrected chi connectivity index (χ2v) is 23.9. The first-order chi connectivity index (χ1) is 35.1. The van der Waals surface area contributed by atoms with Crippen molar-refractivity contribution in [1.82, 2.24) is 24.9 Å². The average molecular weight is 1020 g/mol. The number of aromatic amines is 1. The highest BCUT2D eigenvalue weighted by atomic mass is 32.2. The lowest BCUT2D eigenvalue weighted by molar-refractivity contribution is -0.384. The molecule has 17 nitrogen and oxygen atoms in total. The summed E-state index contributed by atoms with van der Waals surface area (Å²) in [4.78, 5) is 38.9. The Labute approximate surface area is 427 Å². The number of H-pyrrole nitrogens is 1. The van der Waals surface area contributed by atoms with Gasteiger partial charge in [-0.25, -0.2) is 13.1 Å². The summed E-state index contributed by atoms with van der Waals surface area (Å²) >= 11 is 0. The van der Waals surface area contributed by atoms with E-state index < -0.39 is 37.0 Å². The SMILES string of the molecule is CC(C)c1ccccc1[C@H]1CCCN1C1CC2(CCN(c3ccc(C(=O)NS(=O)(=O)c4cc5c(c([N+](=O)[O-])c4)N[C@@H](C4CCC(C)(O)CC4)CO5)c(Oc4cc5cc[nH]c5nc4OC4CCNCC4)c3)CC2)C1. The molecular formula is C55H68N8O9S.